The molecule has 1 aromatic carbocycles. The molecule has 0 aliphatic carbocycles. The van der Waals surface area contributed by atoms with Crippen LogP contribution in [-0.4, -0.2) is 47.6 Å². The molecule has 0 saturated carbocycles. The monoisotopic (exact) mass is 342 g/mol. The number of ether oxygens (including phenoxy) is 1. The number of likely N-dealkylation sites (tertiary alicyclic amines) is 1. The summed E-state index contributed by atoms with van der Waals surface area (Å²) in [5, 5.41) is 11.9. The second-order valence-electron chi connectivity index (χ2n) is 5.62. The summed E-state index contributed by atoms with van der Waals surface area (Å²) in [4.78, 5) is 24.9. The fourth-order valence-corrected chi connectivity index (χ4v) is 2.69. The van der Waals surface area contributed by atoms with Crippen molar-refractivity contribution in [3.8, 4) is 5.75 Å². The summed E-state index contributed by atoms with van der Waals surface area (Å²) < 4.78 is 28.4. The van der Waals surface area contributed by atoms with Gasteiger partial charge < -0.3 is 15.2 Å². The van der Waals surface area contributed by atoms with Gasteiger partial charge in [-0.25, -0.2) is 0 Å². The Balaban J connectivity index is 1.81. The number of benzene rings is 1. The van der Waals surface area contributed by atoms with Crippen molar-refractivity contribution < 1.29 is 28.2 Å². The van der Waals surface area contributed by atoms with E-state index in [0.29, 0.717) is 13.0 Å². The van der Waals surface area contributed by atoms with E-state index in [1.54, 1.807) is 17.0 Å². The summed E-state index contributed by atoms with van der Waals surface area (Å²) in [5.74, 6) is -1.12. The molecule has 1 unspecified atom stereocenters. The largest absolute Gasteiger partial charge is 0.480 e. The number of hydrogen-bond donors (Lipinski definition) is 2. The van der Waals surface area contributed by atoms with E-state index in [-0.39, 0.29) is 24.7 Å². The third-order valence-corrected chi connectivity index (χ3v) is 3.88. The highest BCUT2D eigenvalue weighted by atomic mass is 19.3. The lowest BCUT2D eigenvalue weighted by atomic mass is 10.0. The first-order chi connectivity index (χ1) is 11.5. The molecule has 1 saturated heterocycles. The average molecular weight is 342 g/mol. The molecule has 2 N–H and O–H groups in total. The molecule has 0 spiro atoms. The zero-order valence-electron chi connectivity index (χ0n) is 13.1. The van der Waals surface area contributed by atoms with Gasteiger partial charge in [-0.2, -0.15) is 8.78 Å². The van der Waals surface area contributed by atoms with Gasteiger partial charge in [-0.1, -0.05) is 18.6 Å². The van der Waals surface area contributed by atoms with E-state index in [1.807, 2.05) is 0 Å². The first-order valence-electron chi connectivity index (χ1n) is 7.73. The Labute approximate surface area is 138 Å². The van der Waals surface area contributed by atoms with Gasteiger partial charge in [0.25, 0.3) is 0 Å². The third-order valence-electron chi connectivity index (χ3n) is 3.88. The Kier molecular flexibility index (Phi) is 6.48. The van der Waals surface area contributed by atoms with Gasteiger partial charge in [-0.3, -0.25) is 14.5 Å². The Morgan fingerprint density at radius 2 is 2.00 bits per heavy atom. The number of alkyl halides is 2. The van der Waals surface area contributed by atoms with Crippen molar-refractivity contribution >= 4 is 11.9 Å². The number of amides is 1. The minimum atomic E-state index is -2.87. The van der Waals surface area contributed by atoms with Crippen LogP contribution in [0, 0.1) is 0 Å². The van der Waals surface area contributed by atoms with E-state index < -0.39 is 18.6 Å². The maximum atomic E-state index is 12.1. The molecule has 1 aromatic rings. The number of aliphatic carboxylic acids is 1. The quantitative estimate of drug-likeness (QED) is 0.791. The van der Waals surface area contributed by atoms with Crippen molar-refractivity contribution in [2.24, 2.45) is 0 Å². The molecule has 0 bridgehead atoms. The summed E-state index contributed by atoms with van der Waals surface area (Å²) >= 11 is 0. The van der Waals surface area contributed by atoms with Crippen LogP contribution in [0.4, 0.5) is 8.78 Å². The molecule has 1 fully saturated rings. The minimum Gasteiger partial charge on any atom is -0.480 e. The molecular formula is C16H20F2N2O4. The van der Waals surface area contributed by atoms with Crippen LogP contribution in [0.3, 0.4) is 0 Å². The Hall–Kier alpha value is -2.22. The lowest BCUT2D eigenvalue weighted by Gasteiger charge is -2.32. The van der Waals surface area contributed by atoms with Crippen LogP contribution < -0.4 is 10.1 Å². The van der Waals surface area contributed by atoms with Gasteiger partial charge in [-0.05, 0) is 37.1 Å². The smallest absolute Gasteiger partial charge is 0.387 e. The number of nitrogens with zero attached hydrogens (tertiary/aromatic N) is 1. The maximum absolute atomic E-state index is 12.1. The molecule has 0 aromatic heterocycles. The van der Waals surface area contributed by atoms with E-state index in [9.17, 15) is 23.5 Å². The number of piperidine rings is 1. The van der Waals surface area contributed by atoms with Gasteiger partial charge in [0.1, 0.15) is 11.8 Å². The highest BCUT2D eigenvalue weighted by Gasteiger charge is 2.29. The van der Waals surface area contributed by atoms with Gasteiger partial charge in [0.05, 0.1) is 6.54 Å². The van der Waals surface area contributed by atoms with Crippen LogP contribution >= 0.6 is 0 Å². The predicted octanol–water partition coefficient (Wildman–Crippen LogP) is 1.84. The van der Waals surface area contributed by atoms with Crippen molar-refractivity contribution in [1.82, 2.24) is 10.2 Å². The van der Waals surface area contributed by atoms with Gasteiger partial charge >= 0.3 is 12.6 Å². The Morgan fingerprint density at radius 3 is 2.62 bits per heavy atom. The summed E-state index contributed by atoms with van der Waals surface area (Å²) in [6, 6.07) is 5.35. The highest BCUT2D eigenvalue weighted by molar-refractivity contribution is 5.80. The van der Waals surface area contributed by atoms with Crippen LogP contribution in [-0.2, 0) is 16.1 Å². The molecule has 24 heavy (non-hydrogen) atoms. The third kappa shape index (κ3) is 5.45. The second kappa shape index (κ2) is 8.58. The minimum absolute atomic E-state index is 0.0313. The number of nitrogens with one attached hydrogen (secondary N) is 1. The van der Waals surface area contributed by atoms with Crippen molar-refractivity contribution in [3.05, 3.63) is 29.8 Å². The van der Waals surface area contributed by atoms with E-state index in [2.05, 4.69) is 10.1 Å². The molecule has 132 valence electrons. The SMILES string of the molecule is O=C(CN1CCCCC1C(=O)O)NCc1ccc(OC(F)F)cc1. The molecule has 1 aliphatic rings. The fraction of sp³-hybridized carbons (Fsp3) is 0.500. The topological polar surface area (TPSA) is 78.9 Å². The zero-order chi connectivity index (χ0) is 17.5. The molecule has 1 amide bonds. The Morgan fingerprint density at radius 1 is 1.29 bits per heavy atom. The van der Waals surface area contributed by atoms with Gasteiger partial charge in [0.15, 0.2) is 0 Å². The van der Waals surface area contributed by atoms with Crippen LogP contribution in [0.2, 0.25) is 0 Å². The summed E-state index contributed by atoms with van der Waals surface area (Å²) in [7, 11) is 0. The number of carbonyl (C=O) groups excluding carboxylic acids is 1. The Bertz CT molecular complexity index is 566. The summed E-state index contributed by atoms with van der Waals surface area (Å²) in [5.41, 5.74) is 0.735. The standard InChI is InChI=1S/C16H20F2N2O4/c17-16(18)24-12-6-4-11(5-7-12)9-19-14(21)10-20-8-2-1-3-13(20)15(22)23/h4-7,13,16H,1-3,8-10H2,(H,19,21)(H,22,23). The van der Waals surface area contributed by atoms with Crippen molar-refractivity contribution in [2.45, 2.75) is 38.5 Å². The number of carboxylic acids is 1. The van der Waals surface area contributed by atoms with Crippen molar-refractivity contribution in [2.75, 3.05) is 13.1 Å². The first kappa shape index (κ1) is 18.1. The van der Waals surface area contributed by atoms with Crippen molar-refractivity contribution in [3.63, 3.8) is 0 Å². The van der Waals surface area contributed by atoms with Crippen LogP contribution in [0.15, 0.2) is 24.3 Å². The van der Waals surface area contributed by atoms with Crippen LogP contribution in [0.5, 0.6) is 5.75 Å². The van der Waals surface area contributed by atoms with Gasteiger partial charge in [0, 0.05) is 6.54 Å². The number of halogens is 2. The van der Waals surface area contributed by atoms with Crippen LogP contribution in [0.1, 0.15) is 24.8 Å². The molecule has 2 rings (SSSR count). The molecule has 8 heteroatoms. The van der Waals surface area contributed by atoms with Crippen LogP contribution in [0.25, 0.3) is 0 Å². The normalized spacial score (nSPS) is 18.4. The number of rotatable bonds is 7. The van der Waals surface area contributed by atoms with Crippen molar-refractivity contribution in [1.29, 1.82) is 0 Å². The number of carbonyl (C=O) groups is 2. The molecule has 1 heterocycles. The summed E-state index contributed by atoms with van der Waals surface area (Å²) in [6.07, 6.45) is 2.28. The second-order valence-corrected chi connectivity index (χ2v) is 5.62. The highest BCUT2D eigenvalue weighted by Crippen LogP contribution is 2.17. The van der Waals surface area contributed by atoms with E-state index in [4.69, 9.17) is 0 Å². The van der Waals surface area contributed by atoms with Gasteiger partial charge in [-0.15, -0.1) is 0 Å². The summed E-state index contributed by atoms with van der Waals surface area (Å²) in [6.45, 7) is -2.02. The lowest BCUT2D eigenvalue weighted by molar-refractivity contribution is -0.145. The molecular weight excluding hydrogens is 322 g/mol. The lowest BCUT2D eigenvalue weighted by Crippen LogP contribution is -2.48. The van der Waals surface area contributed by atoms with Gasteiger partial charge in [0.2, 0.25) is 5.91 Å². The first-order valence-corrected chi connectivity index (χ1v) is 7.73. The molecule has 6 nitrogen and oxygen atoms in total. The molecule has 0 radical (unpaired) electrons. The van der Waals surface area contributed by atoms with E-state index >= 15 is 0 Å². The number of carboxylic acid groups (broad SMARTS) is 1. The molecule has 1 aliphatic heterocycles. The zero-order valence-corrected chi connectivity index (χ0v) is 13.1. The fourth-order valence-electron chi connectivity index (χ4n) is 2.69. The van der Waals surface area contributed by atoms with E-state index in [1.165, 1.54) is 12.1 Å². The predicted molar refractivity (Wildman–Crippen MR) is 81.8 cm³/mol. The average Bonchev–Trinajstić information content (AvgIpc) is 2.54. The molecule has 1 atom stereocenters. The number of hydrogen-bond acceptors (Lipinski definition) is 4. The van der Waals surface area contributed by atoms with E-state index in [0.717, 1.165) is 18.4 Å². The maximum Gasteiger partial charge on any atom is 0.387 e.